The van der Waals surface area contributed by atoms with Crippen molar-refractivity contribution in [1.82, 2.24) is 9.21 Å². The summed E-state index contributed by atoms with van der Waals surface area (Å²) in [6, 6.07) is 2.91. The van der Waals surface area contributed by atoms with Crippen molar-refractivity contribution < 1.29 is 26.0 Å². The molecule has 5 nitrogen and oxygen atoms in total. The third-order valence-electron chi connectivity index (χ3n) is 3.26. The Morgan fingerprint density at radius 3 is 2.48 bits per heavy atom. The van der Waals surface area contributed by atoms with Gasteiger partial charge in [-0.2, -0.15) is 17.5 Å². The molecule has 0 aliphatic carbocycles. The van der Waals surface area contributed by atoms with Crippen molar-refractivity contribution >= 4 is 10.0 Å². The minimum Gasteiger partial charge on any atom is -0.449 e. The minimum atomic E-state index is -4.27. The molecule has 0 N–H and O–H groups in total. The number of sulfonamides is 1. The van der Waals surface area contributed by atoms with Crippen molar-refractivity contribution in [3.63, 3.8) is 0 Å². The van der Waals surface area contributed by atoms with Crippen LogP contribution in [-0.2, 0) is 10.0 Å². The van der Waals surface area contributed by atoms with Crippen LogP contribution >= 0.6 is 0 Å². The fourth-order valence-corrected chi connectivity index (χ4v) is 3.70. The molecule has 0 amide bonds. The average Bonchev–Trinajstić information content (AvgIpc) is 2.65. The molecule has 120 valence electrons. The largest absolute Gasteiger partial charge is 0.449 e. The number of furan rings is 1. The molecule has 1 aliphatic heterocycles. The fraction of sp³-hybridized carbons (Fsp3) is 0.667. The topological polar surface area (TPSA) is 53.8 Å². The molecule has 2 heterocycles. The molecule has 0 bridgehead atoms. The third-order valence-corrected chi connectivity index (χ3v) is 5.03. The molecular formula is C12H17F3N2O3S. The lowest BCUT2D eigenvalue weighted by atomic mass is 10.4. The Balaban J connectivity index is 2.06. The molecule has 21 heavy (non-hydrogen) atoms. The van der Waals surface area contributed by atoms with Crippen LogP contribution < -0.4 is 0 Å². The van der Waals surface area contributed by atoms with E-state index in [0.29, 0.717) is 12.2 Å². The molecular weight excluding hydrogens is 309 g/mol. The molecule has 2 rings (SSSR count). The van der Waals surface area contributed by atoms with Crippen LogP contribution in [-0.4, -0.2) is 56.5 Å². The van der Waals surface area contributed by atoms with Gasteiger partial charge in [-0.1, -0.05) is 0 Å². The third kappa shape index (κ3) is 4.21. The van der Waals surface area contributed by atoms with E-state index >= 15 is 0 Å². The minimum absolute atomic E-state index is 0.0260. The number of nitrogens with zero attached hydrogens (tertiary/aromatic N) is 2. The molecule has 0 atom stereocenters. The summed E-state index contributed by atoms with van der Waals surface area (Å²) < 4.78 is 68.1. The van der Waals surface area contributed by atoms with Gasteiger partial charge in [0.05, 0.1) is 6.54 Å². The van der Waals surface area contributed by atoms with Crippen molar-refractivity contribution in [3.8, 4) is 0 Å². The molecule has 1 aromatic rings. The van der Waals surface area contributed by atoms with Gasteiger partial charge in [-0.05, 0) is 32.0 Å². The van der Waals surface area contributed by atoms with Crippen LogP contribution in [0.5, 0.6) is 0 Å². The molecule has 1 saturated heterocycles. The number of hydrogen-bond donors (Lipinski definition) is 0. The summed E-state index contributed by atoms with van der Waals surface area (Å²) in [4.78, 5) is 1.23. The maximum absolute atomic E-state index is 12.4. The fourth-order valence-electron chi connectivity index (χ4n) is 2.28. The molecule has 0 unspecified atom stereocenters. The lowest BCUT2D eigenvalue weighted by Crippen LogP contribution is -2.38. The van der Waals surface area contributed by atoms with Gasteiger partial charge in [0.2, 0.25) is 5.09 Å². The lowest BCUT2D eigenvalue weighted by Gasteiger charge is -2.22. The van der Waals surface area contributed by atoms with Gasteiger partial charge in [-0.3, -0.25) is 4.90 Å². The monoisotopic (exact) mass is 326 g/mol. The van der Waals surface area contributed by atoms with Crippen LogP contribution in [0.25, 0.3) is 0 Å². The van der Waals surface area contributed by atoms with Crippen molar-refractivity contribution in [2.75, 3.05) is 32.7 Å². The summed E-state index contributed by atoms with van der Waals surface area (Å²) in [5, 5.41) is -0.163. The van der Waals surface area contributed by atoms with E-state index in [1.807, 2.05) is 0 Å². The number of rotatable bonds is 3. The summed E-state index contributed by atoms with van der Waals surface area (Å²) in [6.45, 7) is 1.11. The van der Waals surface area contributed by atoms with Gasteiger partial charge in [0.1, 0.15) is 5.76 Å². The number of halogens is 3. The van der Waals surface area contributed by atoms with Crippen LogP contribution in [0.2, 0.25) is 0 Å². The van der Waals surface area contributed by atoms with Gasteiger partial charge in [0, 0.05) is 19.6 Å². The lowest BCUT2D eigenvalue weighted by molar-refractivity contribution is -0.145. The predicted molar refractivity (Wildman–Crippen MR) is 69.3 cm³/mol. The van der Waals surface area contributed by atoms with E-state index in [0.717, 1.165) is 0 Å². The van der Waals surface area contributed by atoms with Crippen LogP contribution in [0.4, 0.5) is 13.2 Å². The van der Waals surface area contributed by atoms with Crippen molar-refractivity contribution in [2.24, 2.45) is 0 Å². The average molecular weight is 326 g/mol. The van der Waals surface area contributed by atoms with Crippen molar-refractivity contribution in [2.45, 2.75) is 24.6 Å². The highest BCUT2D eigenvalue weighted by molar-refractivity contribution is 7.89. The van der Waals surface area contributed by atoms with Gasteiger partial charge in [-0.15, -0.1) is 0 Å². The predicted octanol–water partition coefficient (Wildman–Crippen LogP) is 1.85. The normalized spacial score (nSPS) is 19.6. The summed E-state index contributed by atoms with van der Waals surface area (Å²) >= 11 is 0. The maximum Gasteiger partial charge on any atom is 0.401 e. The first kappa shape index (κ1) is 16.3. The zero-order valence-corrected chi connectivity index (χ0v) is 12.4. The Bertz CT molecular complexity index is 583. The Hall–Kier alpha value is -1.06. The summed E-state index contributed by atoms with van der Waals surface area (Å²) in [5.41, 5.74) is 0. The van der Waals surface area contributed by atoms with Crippen LogP contribution in [0.1, 0.15) is 12.2 Å². The van der Waals surface area contributed by atoms with E-state index in [2.05, 4.69) is 0 Å². The van der Waals surface area contributed by atoms with E-state index in [1.54, 1.807) is 13.0 Å². The molecule has 1 fully saturated rings. The zero-order chi connectivity index (χ0) is 15.7. The first-order valence-electron chi connectivity index (χ1n) is 6.54. The van der Waals surface area contributed by atoms with Gasteiger partial charge in [-0.25, -0.2) is 8.42 Å². The Morgan fingerprint density at radius 1 is 1.19 bits per heavy atom. The second-order valence-electron chi connectivity index (χ2n) is 5.01. The van der Waals surface area contributed by atoms with Gasteiger partial charge < -0.3 is 4.42 Å². The molecule has 9 heteroatoms. The summed E-state index contributed by atoms with van der Waals surface area (Å²) in [5.74, 6) is 0.474. The van der Waals surface area contributed by atoms with E-state index in [-0.39, 0.29) is 31.3 Å². The van der Waals surface area contributed by atoms with Gasteiger partial charge in [0.25, 0.3) is 10.0 Å². The molecule has 1 aromatic heterocycles. The van der Waals surface area contributed by atoms with E-state index in [4.69, 9.17) is 4.42 Å². The Morgan fingerprint density at radius 2 is 1.90 bits per heavy atom. The van der Waals surface area contributed by atoms with Gasteiger partial charge >= 0.3 is 6.18 Å². The van der Waals surface area contributed by atoms with E-state index < -0.39 is 22.7 Å². The van der Waals surface area contributed by atoms with E-state index in [9.17, 15) is 21.6 Å². The second kappa shape index (κ2) is 5.98. The van der Waals surface area contributed by atoms with Crippen molar-refractivity contribution in [1.29, 1.82) is 0 Å². The van der Waals surface area contributed by atoms with E-state index in [1.165, 1.54) is 15.3 Å². The second-order valence-corrected chi connectivity index (χ2v) is 6.88. The van der Waals surface area contributed by atoms with Crippen LogP contribution in [0, 0.1) is 6.92 Å². The highest BCUT2D eigenvalue weighted by Gasteiger charge is 2.34. The number of hydrogen-bond acceptors (Lipinski definition) is 4. The maximum atomic E-state index is 12.4. The SMILES string of the molecule is Cc1ccc(S(=O)(=O)N2CCCN(CC(F)(F)F)CC2)o1. The summed E-state index contributed by atoms with van der Waals surface area (Å²) in [7, 11) is -3.77. The first-order valence-corrected chi connectivity index (χ1v) is 7.98. The molecule has 0 aromatic carbocycles. The molecule has 0 saturated carbocycles. The molecule has 1 aliphatic rings. The van der Waals surface area contributed by atoms with Crippen LogP contribution in [0.3, 0.4) is 0 Å². The Labute approximate surface area is 121 Å². The van der Waals surface area contributed by atoms with Crippen LogP contribution in [0.15, 0.2) is 21.6 Å². The zero-order valence-electron chi connectivity index (χ0n) is 11.6. The number of aryl methyl sites for hydroxylation is 1. The summed E-state index contributed by atoms with van der Waals surface area (Å²) in [6.07, 6.45) is -3.92. The first-order chi connectivity index (χ1) is 9.68. The highest BCUT2D eigenvalue weighted by atomic mass is 32.2. The molecule has 0 radical (unpaired) electrons. The Kier molecular flexibility index (Phi) is 4.64. The van der Waals surface area contributed by atoms with Crippen molar-refractivity contribution in [3.05, 3.63) is 17.9 Å². The van der Waals surface area contributed by atoms with Gasteiger partial charge in [0.15, 0.2) is 0 Å². The smallest absolute Gasteiger partial charge is 0.401 e. The quantitative estimate of drug-likeness (QED) is 0.851. The molecule has 0 spiro atoms. The standard InChI is InChI=1S/C12H17F3N2O3S/c1-10-3-4-11(20-10)21(18,19)17-6-2-5-16(7-8-17)9-12(13,14)15/h3-4H,2,5-9H2,1H3. The highest BCUT2D eigenvalue weighted by Crippen LogP contribution is 2.21. The number of alkyl halides is 3.